The predicted molar refractivity (Wildman–Crippen MR) is 56.5 cm³/mol. The summed E-state index contributed by atoms with van der Waals surface area (Å²) in [6, 6.07) is 0.730. The van der Waals surface area contributed by atoms with Gasteiger partial charge in [-0.05, 0) is 12.8 Å². The number of alkyl halides is 1. The van der Waals surface area contributed by atoms with Crippen molar-refractivity contribution >= 4 is 11.6 Å². The summed E-state index contributed by atoms with van der Waals surface area (Å²) in [5, 5.41) is 0. The molecule has 0 bridgehead atoms. The highest BCUT2D eigenvalue weighted by Gasteiger charge is 2.11. The summed E-state index contributed by atoms with van der Waals surface area (Å²) < 4.78 is 0.952. The van der Waals surface area contributed by atoms with Crippen molar-refractivity contribution in [1.29, 1.82) is 0 Å². The summed E-state index contributed by atoms with van der Waals surface area (Å²) in [6.45, 7) is 3.46. The van der Waals surface area contributed by atoms with E-state index in [0.29, 0.717) is 0 Å². The summed E-state index contributed by atoms with van der Waals surface area (Å²) in [6.07, 6.45) is 6.78. The molecule has 0 radical (unpaired) electrons. The zero-order valence-corrected chi connectivity index (χ0v) is 9.53. The molecule has 0 amide bonds. The van der Waals surface area contributed by atoms with Gasteiger partial charge in [0.15, 0.2) is 6.00 Å². The highest BCUT2D eigenvalue weighted by molar-refractivity contribution is 6.16. The highest BCUT2D eigenvalue weighted by atomic mass is 35.5. The molecule has 0 unspecified atom stereocenters. The maximum absolute atomic E-state index is 5.81. The smallest absolute Gasteiger partial charge is 0.154 e. The van der Waals surface area contributed by atoms with Crippen LogP contribution in [-0.2, 0) is 0 Å². The minimum atomic E-state index is 0.730. The van der Waals surface area contributed by atoms with Crippen LogP contribution in [-0.4, -0.2) is 31.1 Å². The lowest BCUT2D eigenvalue weighted by atomic mass is 10.1. The van der Waals surface area contributed by atoms with Crippen molar-refractivity contribution in [3.05, 3.63) is 0 Å². The number of quaternary nitrogens is 1. The van der Waals surface area contributed by atoms with E-state index in [1.54, 1.807) is 0 Å². The average molecular weight is 193 g/mol. The van der Waals surface area contributed by atoms with Crippen molar-refractivity contribution in [1.82, 2.24) is 0 Å². The lowest BCUT2D eigenvalue weighted by Gasteiger charge is -2.26. The van der Waals surface area contributed by atoms with Gasteiger partial charge in [0.2, 0.25) is 0 Å². The van der Waals surface area contributed by atoms with Crippen LogP contribution in [0.5, 0.6) is 0 Å². The molecule has 0 spiro atoms. The molecule has 0 heterocycles. The van der Waals surface area contributed by atoms with E-state index in [1.165, 1.54) is 38.6 Å². The Hall–Kier alpha value is 0.250. The molecule has 0 saturated carbocycles. The normalized spacial score (nSPS) is 12.0. The van der Waals surface area contributed by atoms with Gasteiger partial charge in [0, 0.05) is 0 Å². The van der Waals surface area contributed by atoms with Crippen LogP contribution in [0, 0.1) is 0 Å². The first kappa shape index (κ1) is 12.2. The molecule has 0 fully saturated rings. The Morgan fingerprint density at radius 2 is 1.58 bits per heavy atom. The van der Waals surface area contributed by atoms with Crippen molar-refractivity contribution in [3.63, 3.8) is 0 Å². The quantitative estimate of drug-likeness (QED) is 0.252. The van der Waals surface area contributed by atoms with Gasteiger partial charge in [-0.15, -0.1) is 0 Å². The van der Waals surface area contributed by atoms with E-state index in [0.717, 1.165) is 10.5 Å². The van der Waals surface area contributed by atoms with Crippen LogP contribution in [0.25, 0.3) is 0 Å². The molecule has 0 saturated heterocycles. The van der Waals surface area contributed by atoms with Gasteiger partial charge in [-0.2, -0.15) is 0 Å². The van der Waals surface area contributed by atoms with E-state index < -0.39 is 0 Å². The fourth-order valence-corrected chi connectivity index (χ4v) is 1.32. The molecule has 0 aliphatic carbocycles. The minimum Gasteiger partial charge on any atom is -0.316 e. The van der Waals surface area contributed by atoms with E-state index in [-0.39, 0.29) is 0 Å². The Morgan fingerprint density at radius 1 is 1.00 bits per heavy atom. The summed E-state index contributed by atoms with van der Waals surface area (Å²) in [7, 11) is 4.37. The summed E-state index contributed by atoms with van der Waals surface area (Å²) >= 11 is 5.81. The number of halogens is 1. The first-order valence-electron chi connectivity index (χ1n) is 5.00. The van der Waals surface area contributed by atoms with Gasteiger partial charge in [0.05, 0.1) is 20.6 Å². The largest absolute Gasteiger partial charge is 0.316 e. The SMILES string of the molecule is CCCCCCC[N+](C)(C)CCl. The monoisotopic (exact) mass is 192 g/mol. The van der Waals surface area contributed by atoms with Crippen molar-refractivity contribution in [2.45, 2.75) is 39.0 Å². The van der Waals surface area contributed by atoms with Crippen LogP contribution in [0.15, 0.2) is 0 Å². The van der Waals surface area contributed by atoms with Crippen molar-refractivity contribution < 1.29 is 4.48 Å². The lowest BCUT2D eigenvalue weighted by molar-refractivity contribution is -0.879. The Balaban J connectivity index is 3.19. The molecular formula is C10H23ClN+. The highest BCUT2D eigenvalue weighted by Crippen LogP contribution is 2.07. The van der Waals surface area contributed by atoms with Gasteiger partial charge in [-0.1, -0.05) is 37.8 Å². The standard InChI is InChI=1S/C10H23ClN/c1-4-5-6-7-8-9-12(2,3)10-11/h4-10H2,1-3H3/q+1. The molecule has 12 heavy (non-hydrogen) atoms. The van der Waals surface area contributed by atoms with Crippen molar-refractivity contribution in [2.24, 2.45) is 0 Å². The molecular weight excluding hydrogens is 170 g/mol. The van der Waals surface area contributed by atoms with E-state index >= 15 is 0 Å². The third-order valence-corrected chi connectivity index (χ3v) is 2.84. The second kappa shape index (κ2) is 6.73. The number of rotatable bonds is 7. The fraction of sp³-hybridized carbons (Fsp3) is 1.00. The number of nitrogens with zero attached hydrogens (tertiary/aromatic N) is 1. The number of unbranched alkanes of at least 4 members (excludes halogenated alkanes) is 4. The maximum atomic E-state index is 5.81. The van der Waals surface area contributed by atoms with E-state index in [2.05, 4.69) is 21.0 Å². The van der Waals surface area contributed by atoms with Crippen LogP contribution >= 0.6 is 11.6 Å². The summed E-state index contributed by atoms with van der Waals surface area (Å²) in [5.74, 6) is 0. The molecule has 1 nitrogen and oxygen atoms in total. The minimum absolute atomic E-state index is 0.730. The van der Waals surface area contributed by atoms with Gasteiger partial charge in [-0.3, -0.25) is 0 Å². The average Bonchev–Trinajstić information content (AvgIpc) is 2.04. The molecule has 0 aromatic heterocycles. The number of hydrogen-bond donors (Lipinski definition) is 0. The Bertz CT molecular complexity index is 102. The molecule has 0 rings (SSSR count). The Morgan fingerprint density at radius 3 is 2.08 bits per heavy atom. The van der Waals surface area contributed by atoms with Gasteiger partial charge in [0.1, 0.15) is 0 Å². The molecule has 0 atom stereocenters. The van der Waals surface area contributed by atoms with Crippen molar-refractivity contribution in [2.75, 3.05) is 26.6 Å². The zero-order valence-electron chi connectivity index (χ0n) is 8.77. The second-order valence-corrected chi connectivity index (χ2v) is 4.43. The topological polar surface area (TPSA) is 0 Å². The fourth-order valence-electron chi connectivity index (χ4n) is 1.20. The van der Waals surface area contributed by atoms with E-state index in [4.69, 9.17) is 11.6 Å². The third kappa shape index (κ3) is 6.93. The van der Waals surface area contributed by atoms with Gasteiger partial charge in [0.25, 0.3) is 0 Å². The van der Waals surface area contributed by atoms with Gasteiger partial charge < -0.3 is 4.48 Å². The number of hydrogen-bond acceptors (Lipinski definition) is 0. The first-order chi connectivity index (χ1) is 5.62. The van der Waals surface area contributed by atoms with Gasteiger partial charge >= 0.3 is 0 Å². The molecule has 0 aliphatic heterocycles. The Labute approximate surface area is 82.3 Å². The van der Waals surface area contributed by atoms with Crippen molar-refractivity contribution in [3.8, 4) is 0 Å². The summed E-state index contributed by atoms with van der Waals surface area (Å²) in [5.41, 5.74) is 0. The van der Waals surface area contributed by atoms with Gasteiger partial charge in [-0.25, -0.2) is 0 Å². The van der Waals surface area contributed by atoms with Crippen LogP contribution in [0.2, 0.25) is 0 Å². The zero-order chi connectivity index (χ0) is 9.45. The molecule has 0 aromatic carbocycles. The summed E-state index contributed by atoms with van der Waals surface area (Å²) in [4.78, 5) is 0. The molecule has 2 heteroatoms. The predicted octanol–water partition coefficient (Wildman–Crippen LogP) is 3.23. The second-order valence-electron chi connectivity index (χ2n) is 4.19. The molecule has 0 aliphatic rings. The van der Waals surface area contributed by atoms with Crippen LogP contribution < -0.4 is 0 Å². The van der Waals surface area contributed by atoms with Crippen LogP contribution in [0.1, 0.15) is 39.0 Å². The Kier molecular flexibility index (Phi) is 6.87. The third-order valence-electron chi connectivity index (χ3n) is 2.19. The molecule has 74 valence electrons. The van der Waals surface area contributed by atoms with Crippen LogP contribution in [0.3, 0.4) is 0 Å². The molecule has 0 N–H and O–H groups in total. The van der Waals surface area contributed by atoms with E-state index in [1.807, 2.05) is 0 Å². The lowest BCUT2D eigenvalue weighted by Crippen LogP contribution is -2.38. The maximum Gasteiger partial charge on any atom is 0.154 e. The van der Waals surface area contributed by atoms with E-state index in [9.17, 15) is 0 Å². The van der Waals surface area contributed by atoms with Crippen LogP contribution in [0.4, 0.5) is 0 Å². The first-order valence-corrected chi connectivity index (χ1v) is 5.54. The molecule has 0 aromatic rings.